The van der Waals surface area contributed by atoms with Crippen LogP contribution in [0.25, 0.3) is 0 Å². The summed E-state index contributed by atoms with van der Waals surface area (Å²) < 4.78 is 0. The van der Waals surface area contributed by atoms with Crippen LogP contribution in [0.1, 0.15) is 39.5 Å². The zero-order valence-electron chi connectivity index (χ0n) is 12.6. The molecular weight excluding hydrogens is 274 g/mol. The van der Waals surface area contributed by atoms with E-state index in [4.69, 9.17) is 5.11 Å². The normalized spacial score (nSPS) is 19.8. The maximum Gasteiger partial charge on any atom is 0.315 e. The summed E-state index contributed by atoms with van der Waals surface area (Å²) in [5.41, 5.74) is 0. The average molecular weight is 299 g/mol. The van der Waals surface area contributed by atoms with Crippen molar-refractivity contribution in [3.63, 3.8) is 0 Å². The minimum Gasteiger partial charge on any atom is -0.481 e. The summed E-state index contributed by atoms with van der Waals surface area (Å²) in [6.45, 7) is 4.97. The van der Waals surface area contributed by atoms with Crippen LogP contribution in [0, 0.1) is 11.8 Å². The first-order chi connectivity index (χ1) is 9.88. The van der Waals surface area contributed by atoms with Crippen molar-refractivity contribution in [2.24, 2.45) is 11.8 Å². The van der Waals surface area contributed by atoms with Crippen molar-refractivity contribution in [2.75, 3.05) is 13.1 Å². The van der Waals surface area contributed by atoms with Crippen LogP contribution >= 0.6 is 0 Å². The van der Waals surface area contributed by atoms with Gasteiger partial charge in [-0.1, -0.05) is 13.8 Å². The highest BCUT2D eigenvalue weighted by atomic mass is 16.4. The van der Waals surface area contributed by atoms with Crippen LogP contribution < -0.4 is 16.0 Å². The lowest BCUT2D eigenvalue weighted by atomic mass is 9.94. The first-order valence-electron chi connectivity index (χ1n) is 7.42. The number of piperidine rings is 1. The smallest absolute Gasteiger partial charge is 0.315 e. The Morgan fingerprint density at radius 1 is 1.43 bits per heavy atom. The Hall–Kier alpha value is -1.79. The highest BCUT2D eigenvalue weighted by Crippen LogP contribution is 2.14. The molecule has 1 fully saturated rings. The number of carbonyl (C=O) groups is 3. The summed E-state index contributed by atoms with van der Waals surface area (Å²) in [6.07, 6.45) is 2.23. The SMILES string of the molecule is CC(C)C[C@H](CNC(=O)NC1CCCNC1=O)CC(=O)O. The number of aliphatic carboxylic acids is 1. The maximum absolute atomic E-state index is 11.8. The number of hydrogen-bond donors (Lipinski definition) is 4. The molecule has 0 spiro atoms. The van der Waals surface area contributed by atoms with Crippen LogP contribution in [0.2, 0.25) is 0 Å². The molecule has 0 saturated carbocycles. The van der Waals surface area contributed by atoms with Crippen molar-refractivity contribution in [1.29, 1.82) is 0 Å². The maximum atomic E-state index is 11.8. The van der Waals surface area contributed by atoms with E-state index in [1.54, 1.807) is 0 Å². The fourth-order valence-electron chi connectivity index (χ4n) is 2.51. The molecule has 1 aliphatic rings. The van der Waals surface area contributed by atoms with Crippen LogP contribution in [0.5, 0.6) is 0 Å². The van der Waals surface area contributed by atoms with Crippen molar-refractivity contribution in [2.45, 2.75) is 45.6 Å². The number of amides is 3. The van der Waals surface area contributed by atoms with E-state index in [9.17, 15) is 14.4 Å². The number of carboxylic acid groups (broad SMARTS) is 1. The first-order valence-corrected chi connectivity index (χ1v) is 7.42. The van der Waals surface area contributed by atoms with Crippen LogP contribution in [0.3, 0.4) is 0 Å². The van der Waals surface area contributed by atoms with Crippen LogP contribution in [0.4, 0.5) is 4.79 Å². The Kier molecular flexibility index (Phi) is 6.98. The quantitative estimate of drug-likeness (QED) is 0.555. The van der Waals surface area contributed by atoms with E-state index >= 15 is 0 Å². The fourth-order valence-corrected chi connectivity index (χ4v) is 2.51. The first kappa shape index (κ1) is 17.3. The van der Waals surface area contributed by atoms with Gasteiger partial charge in [-0.15, -0.1) is 0 Å². The molecule has 1 rings (SSSR count). The number of carboxylic acids is 1. The van der Waals surface area contributed by atoms with Crippen LogP contribution in [-0.4, -0.2) is 42.1 Å². The zero-order valence-corrected chi connectivity index (χ0v) is 12.6. The summed E-state index contributed by atoms with van der Waals surface area (Å²) >= 11 is 0. The van der Waals surface area contributed by atoms with E-state index in [0.29, 0.717) is 25.4 Å². The van der Waals surface area contributed by atoms with Gasteiger partial charge in [-0.05, 0) is 31.1 Å². The predicted octanol–water partition coefficient (Wildman–Crippen LogP) is 0.701. The highest BCUT2D eigenvalue weighted by molar-refractivity contribution is 5.87. The van der Waals surface area contributed by atoms with Gasteiger partial charge in [0, 0.05) is 19.5 Å². The lowest BCUT2D eigenvalue weighted by Crippen LogP contribution is -2.53. The Labute approximate surface area is 124 Å². The minimum absolute atomic E-state index is 0.0301. The summed E-state index contributed by atoms with van der Waals surface area (Å²) in [7, 11) is 0. The largest absolute Gasteiger partial charge is 0.481 e. The molecule has 3 amide bonds. The van der Waals surface area contributed by atoms with Gasteiger partial charge >= 0.3 is 12.0 Å². The molecule has 4 N–H and O–H groups in total. The second-order valence-electron chi connectivity index (χ2n) is 5.93. The summed E-state index contributed by atoms with van der Waals surface area (Å²) in [5.74, 6) is -0.771. The second-order valence-corrected chi connectivity index (χ2v) is 5.93. The van der Waals surface area contributed by atoms with E-state index in [1.807, 2.05) is 13.8 Å². The van der Waals surface area contributed by atoms with Crippen molar-refractivity contribution in [1.82, 2.24) is 16.0 Å². The molecule has 1 saturated heterocycles. The molecule has 120 valence electrons. The summed E-state index contributed by atoms with van der Waals surface area (Å²) in [4.78, 5) is 34.1. The molecule has 7 nitrogen and oxygen atoms in total. The standard InChI is InChI=1S/C14H25N3O4/c1-9(2)6-10(7-12(18)19)8-16-14(21)17-11-4-3-5-15-13(11)20/h9-11H,3-8H2,1-2H3,(H,15,20)(H,18,19)(H2,16,17,21)/t10-,11?/m0/s1. The third kappa shape index (κ3) is 6.97. The van der Waals surface area contributed by atoms with E-state index in [1.165, 1.54) is 0 Å². The summed E-state index contributed by atoms with van der Waals surface area (Å²) in [6, 6.07) is -0.919. The molecule has 21 heavy (non-hydrogen) atoms. The molecule has 1 unspecified atom stereocenters. The summed E-state index contributed by atoms with van der Waals surface area (Å²) in [5, 5.41) is 16.9. The molecule has 0 bridgehead atoms. The average Bonchev–Trinajstić information content (AvgIpc) is 2.37. The molecule has 0 radical (unpaired) electrons. The third-order valence-electron chi connectivity index (χ3n) is 3.41. The van der Waals surface area contributed by atoms with Gasteiger partial charge in [0.1, 0.15) is 6.04 Å². The Morgan fingerprint density at radius 3 is 2.71 bits per heavy atom. The van der Waals surface area contributed by atoms with Crippen molar-refractivity contribution in [3.05, 3.63) is 0 Å². The minimum atomic E-state index is -0.866. The van der Waals surface area contributed by atoms with Gasteiger partial charge in [-0.2, -0.15) is 0 Å². The highest BCUT2D eigenvalue weighted by Gasteiger charge is 2.24. The van der Waals surface area contributed by atoms with Gasteiger partial charge in [0.2, 0.25) is 5.91 Å². The molecule has 0 aromatic rings. The Bertz CT molecular complexity index is 384. The molecule has 0 aliphatic carbocycles. The zero-order chi connectivity index (χ0) is 15.8. The van der Waals surface area contributed by atoms with Gasteiger partial charge < -0.3 is 21.1 Å². The lowest BCUT2D eigenvalue weighted by Gasteiger charge is -2.24. The second kappa shape index (κ2) is 8.49. The number of nitrogens with one attached hydrogen (secondary N) is 3. The van der Waals surface area contributed by atoms with E-state index in [2.05, 4.69) is 16.0 Å². The molecule has 1 heterocycles. The number of rotatable bonds is 7. The van der Waals surface area contributed by atoms with Gasteiger partial charge in [-0.25, -0.2) is 4.79 Å². The van der Waals surface area contributed by atoms with Gasteiger partial charge in [0.25, 0.3) is 0 Å². The molecular formula is C14H25N3O4. The molecule has 2 atom stereocenters. The van der Waals surface area contributed by atoms with Gasteiger partial charge in [0.05, 0.1) is 0 Å². The molecule has 0 aromatic heterocycles. The Morgan fingerprint density at radius 2 is 2.14 bits per heavy atom. The van der Waals surface area contributed by atoms with E-state index in [0.717, 1.165) is 12.8 Å². The molecule has 0 aromatic carbocycles. The monoisotopic (exact) mass is 299 g/mol. The van der Waals surface area contributed by atoms with Crippen molar-refractivity contribution >= 4 is 17.9 Å². The number of urea groups is 1. The van der Waals surface area contributed by atoms with Gasteiger partial charge in [-0.3, -0.25) is 9.59 Å². The lowest BCUT2D eigenvalue weighted by molar-refractivity contribution is -0.138. The molecule has 1 aliphatic heterocycles. The van der Waals surface area contributed by atoms with E-state index < -0.39 is 18.0 Å². The predicted molar refractivity (Wildman–Crippen MR) is 77.8 cm³/mol. The van der Waals surface area contributed by atoms with Crippen LogP contribution in [0.15, 0.2) is 0 Å². The topological polar surface area (TPSA) is 108 Å². The van der Waals surface area contributed by atoms with Gasteiger partial charge in [0.15, 0.2) is 0 Å². The molecule has 7 heteroatoms. The van der Waals surface area contributed by atoms with E-state index in [-0.39, 0.29) is 18.2 Å². The van der Waals surface area contributed by atoms with Crippen LogP contribution in [-0.2, 0) is 9.59 Å². The van der Waals surface area contributed by atoms with Crippen molar-refractivity contribution in [3.8, 4) is 0 Å². The Balaban J connectivity index is 2.37. The number of hydrogen-bond acceptors (Lipinski definition) is 3. The van der Waals surface area contributed by atoms with Crippen molar-refractivity contribution < 1.29 is 19.5 Å². The fraction of sp³-hybridized carbons (Fsp3) is 0.786. The number of carbonyl (C=O) groups excluding carboxylic acids is 2. The third-order valence-corrected chi connectivity index (χ3v) is 3.41.